The number of halogens is 1. The molecule has 1 heterocycles. The Hall–Kier alpha value is -1.26. The number of hydrogen-bond donors (Lipinski definition) is 2. The number of nitrogens with one attached hydrogen (secondary N) is 1. The van der Waals surface area contributed by atoms with Gasteiger partial charge < -0.3 is 15.3 Å². The third-order valence-electron chi connectivity index (χ3n) is 3.29. The normalized spacial score (nSPS) is 17.7. The molecule has 0 aliphatic carbocycles. The standard InChI is InChI=1S/C13H17ClN2O2/c1-16-6-4-10(5-7-16)15-12-8-9(14)2-3-11(12)13(17)18/h2-3,8,10,15H,4-7H2,1H3,(H,17,18). The van der Waals surface area contributed by atoms with Gasteiger partial charge in [-0.05, 0) is 51.2 Å². The van der Waals surface area contributed by atoms with Crippen LogP contribution < -0.4 is 5.32 Å². The van der Waals surface area contributed by atoms with E-state index in [2.05, 4.69) is 17.3 Å². The molecule has 98 valence electrons. The first-order valence-corrected chi connectivity index (χ1v) is 6.42. The lowest BCUT2D eigenvalue weighted by Crippen LogP contribution is -2.37. The first-order valence-electron chi connectivity index (χ1n) is 6.04. The van der Waals surface area contributed by atoms with Crippen LogP contribution in [0.25, 0.3) is 0 Å². The van der Waals surface area contributed by atoms with E-state index in [1.54, 1.807) is 18.2 Å². The summed E-state index contributed by atoms with van der Waals surface area (Å²) in [6.45, 7) is 2.06. The number of anilines is 1. The maximum Gasteiger partial charge on any atom is 0.337 e. The molecule has 0 aromatic heterocycles. The van der Waals surface area contributed by atoms with Gasteiger partial charge in [-0.1, -0.05) is 11.6 Å². The fourth-order valence-corrected chi connectivity index (χ4v) is 2.37. The molecule has 2 rings (SSSR count). The molecule has 1 saturated heterocycles. The van der Waals surface area contributed by atoms with Crippen molar-refractivity contribution in [2.75, 3.05) is 25.5 Å². The summed E-state index contributed by atoms with van der Waals surface area (Å²) in [5.41, 5.74) is 0.892. The topological polar surface area (TPSA) is 52.6 Å². The maximum absolute atomic E-state index is 11.1. The second kappa shape index (κ2) is 5.59. The average Bonchev–Trinajstić information content (AvgIpc) is 2.32. The van der Waals surface area contributed by atoms with E-state index in [-0.39, 0.29) is 5.56 Å². The van der Waals surface area contributed by atoms with Crippen molar-refractivity contribution < 1.29 is 9.90 Å². The van der Waals surface area contributed by atoms with Crippen molar-refractivity contribution in [3.8, 4) is 0 Å². The molecule has 5 heteroatoms. The van der Waals surface area contributed by atoms with Crippen LogP contribution in [0.1, 0.15) is 23.2 Å². The Morgan fingerprint density at radius 3 is 2.72 bits per heavy atom. The third kappa shape index (κ3) is 3.15. The number of carbonyl (C=O) groups is 1. The summed E-state index contributed by atoms with van der Waals surface area (Å²) in [4.78, 5) is 13.4. The minimum atomic E-state index is -0.929. The number of likely N-dealkylation sites (tertiary alicyclic amines) is 1. The van der Waals surface area contributed by atoms with Crippen molar-refractivity contribution in [3.05, 3.63) is 28.8 Å². The number of carboxylic acids is 1. The van der Waals surface area contributed by atoms with Crippen LogP contribution in [-0.2, 0) is 0 Å². The molecule has 0 spiro atoms. The second-order valence-corrected chi connectivity index (χ2v) is 5.15. The number of hydrogen-bond acceptors (Lipinski definition) is 3. The van der Waals surface area contributed by atoms with Gasteiger partial charge in [-0.25, -0.2) is 4.79 Å². The SMILES string of the molecule is CN1CCC(Nc2cc(Cl)ccc2C(=O)O)CC1. The fourth-order valence-electron chi connectivity index (χ4n) is 2.20. The Morgan fingerprint density at radius 1 is 1.44 bits per heavy atom. The molecule has 0 saturated carbocycles. The molecule has 0 bridgehead atoms. The van der Waals surface area contributed by atoms with E-state index in [1.807, 2.05) is 0 Å². The zero-order chi connectivity index (χ0) is 13.1. The summed E-state index contributed by atoms with van der Waals surface area (Å²) in [6, 6.07) is 5.15. The summed E-state index contributed by atoms with van der Waals surface area (Å²) in [5, 5.41) is 13.0. The zero-order valence-electron chi connectivity index (χ0n) is 10.3. The van der Waals surface area contributed by atoms with Gasteiger partial charge in [-0.2, -0.15) is 0 Å². The summed E-state index contributed by atoms with van der Waals surface area (Å²) >= 11 is 5.92. The molecule has 0 amide bonds. The Balaban J connectivity index is 2.12. The number of piperidine rings is 1. The van der Waals surface area contributed by atoms with Gasteiger partial charge in [0.2, 0.25) is 0 Å². The van der Waals surface area contributed by atoms with Crippen molar-refractivity contribution in [1.29, 1.82) is 0 Å². The zero-order valence-corrected chi connectivity index (χ0v) is 11.1. The number of carboxylic acid groups (broad SMARTS) is 1. The van der Waals surface area contributed by atoms with E-state index in [0.717, 1.165) is 25.9 Å². The molecule has 0 radical (unpaired) electrons. The molecule has 18 heavy (non-hydrogen) atoms. The van der Waals surface area contributed by atoms with Crippen molar-refractivity contribution in [1.82, 2.24) is 4.90 Å². The number of benzene rings is 1. The molecular formula is C13H17ClN2O2. The molecule has 1 aliphatic heterocycles. The van der Waals surface area contributed by atoms with Crippen LogP contribution in [0.2, 0.25) is 5.02 Å². The maximum atomic E-state index is 11.1. The van der Waals surface area contributed by atoms with E-state index < -0.39 is 5.97 Å². The molecule has 1 aliphatic rings. The predicted molar refractivity (Wildman–Crippen MR) is 72.6 cm³/mol. The van der Waals surface area contributed by atoms with Crippen LogP contribution in [0.15, 0.2) is 18.2 Å². The highest BCUT2D eigenvalue weighted by molar-refractivity contribution is 6.31. The number of rotatable bonds is 3. The Bertz CT molecular complexity index is 443. The van der Waals surface area contributed by atoms with Crippen LogP contribution >= 0.6 is 11.6 Å². The lowest BCUT2D eigenvalue weighted by Gasteiger charge is -2.30. The van der Waals surface area contributed by atoms with Gasteiger partial charge in [0, 0.05) is 11.1 Å². The van der Waals surface area contributed by atoms with Crippen LogP contribution in [0.4, 0.5) is 5.69 Å². The number of nitrogens with zero attached hydrogens (tertiary/aromatic N) is 1. The van der Waals surface area contributed by atoms with Crippen LogP contribution in [0.5, 0.6) is 0 Å². The van der Waals surface area contributed by atoms with E-state index >= 15 is 0 Å². The van der Waals surface area contributed by atoms with Gasteiger partial charge in [0.05, 0.1) is 11.3 Å². The van der Waals surface area contributed by atoms with Crippen molar-refractivity contribution in [3.63, 3.8) is 0 Å². The Morgan fingerprint density at radius 2 is 2.11 bits per heavy atom. The highest BCUT2D eigenvalue weighted by atomic mass is 35.5. The third-order valence-corrected chi connectivity index (χ3v) is 3.53. The van der Waals surface area contributed by atoms with Crippen LogP contribution in [0, 0.1) is 0 Å². The van der Waals surface area contributed by atoms with Gasteiger partial charge in [0.25, 0.3) is 0 Å². The van der Waals surface area contributed by atoms with Crippen LogP contribution in [0.3, 0.4) is 0 Å². The van der Waals surface area contributed by atoms with E-state index in [1.165, 1.54) is 0 Å². The molecule has 4 nitrogen and oxygen atoms in total. The number of aromatic carboxylic acids is 1. The quantitative estimate of drug-likeness (QED) is 0.885. The monoisotopic (exact) mass is 268 g/mol. The molecular weight excluding hydrogens is 252 g/mol. The van der Waals surface area contributed by atoms with Gasteiger partial charge in [0.15, 0.2) is 0 Å². The molecule has 1 aromatic carbocycles. The van der Waals surface area contributed by atoms with Crippen molar-refractivity contribution in [2.45, 2.75) is 18.9 Å². The lowest BCUT2D eigenvalue weighted by atomic mass is 10.0. The molecule has 1 fully saturated rings. The predicted octanol–water partition coefficient (Wildman–Crippen LogP) is 2.54. The van der Waals surface area contributed by atoms with E-state index in [0.29, 0.717) is 16.8 Å². The molecule has 2 N–H and O–H groups in total. The average molecular weight is 269 g/mol. The summed E-state index contributed by atoms with van der Waals surface area (Å²) in [6.07, 6.45) is 2.03. The largest absolute Gasteiger partial charge is 0.478 e. The first-order chi connectivity index (χ1) is 8.56. The summed E-state index contributed by atoms with van der Waals surface area (Å²) in [7, 11) is 2.10. The van der Waals surface area contributed by atoms with Gasteiger partial charge >= 0.3 is 5.97 Å². The minimum Gasteiger partial charge on any atom is -0.478 e. The van der Waals surface area contributed by atoms with Crippen molar-refractivity contribution in [2.24, 2.45) is 0 Å². The summed E-state index contributed by atoms with van der Waals surface area (Å²) < 4.78 is 0. The van der Waals surface area contributed by atoms with E-state index in [9.17, 15) is 4.79 Å². The summed E-state index contributed by atoms with van der Waals surface area (Å²) in [5.74, 6) is -0.929. The Labute approximate surface area is 112 Å². The Kier molecular flexibility index (Phi) is 4.09. The molecule has 1 aromatic rings. The highest BCUT2D eigenvalue weighted by Gasteiger charge is 2.19. The fraction of sp³-hybridized carbons (Fsp3) is 0.462. The van der Waals surface area contributed by atoms with Gasteiger partial charge in [0.1, 0.15) is 0 Å². The van der Waals surface area contributed by atoms with Crippen molar-refractivity contribution >= 4 is 23.3 Å². The minimum absolute atomic E-state index is 0.276. The molecule has 0 atom stereocenters. The van der Waals surface area contributed by atoms with Gasteiger partial charge in [-0.15, -0.1) is 0 Å². The van der Waals surface area contributed by atoms with Crippen LogP contribution in [-0.4, -0.2) is 42.2 Å². The van der Waals surface area contributed by atoms with Gasteiger partial charge in [-0.3, -0.25) is 0 Å². The molecule has 0 unspecified atom stereocenters. The second-order valence-electron chi connectivity index (χ2n) is 4.72. The smallest absolute Gasteiger partial charge is 0.337 e. The highest BCUT2D eigenvalue weighted by Crippen LogP contribution is 2.24. The van der Waals surface area contributed by atoms with E-state index in [4.69, 9.17) is 16.7 Å². The lowest BCUT2D eigenvalue weighted by molar-refractivity contribution is 0.0698. The first kappa shape index (κ1) is 13.2.